The minimum Gasteiger partial charge on any atom is -0.307 e. The van der Waals surface area contributed by atoms with E-state index < -0.39 is 8.07 Å². The molecule has 9 aromatic carbocycles. The molecule has 3 heteroatoms. The standard InChI is InChI=1S/C54H38FNSi/c55-51-37-43(40-20-8-2-9-21-40)36-50(42-22-10-3-11-23-42)54(51)56(44-32-30-41(31-33-44)39-18-6-1-7-19-39)45-34-35-49-48-28-16-17-29-52(48)57(53(49)38-45,46-24-12-4-13-25-46)47-26-14-5-15-27-47/h1-38H. The molecule has 9 aromatic rings. The molecule has 270 valence electrons. The van der Waals surface area contributed by atoms with Crippen LogP contribution in [0.25, 0.3) is 44.5 Å². The third kappa shape index (κ3) is 5.92. The monoisotopic (exact) mass is 747 g/mol. The van der Waals surface area contributed by atoms with Gasteiger partial charge in [0.05, 0.1) is 5.69 Å². The van der Waals surface area contributed by atoms with Crippen molar-refractivity contribution < 1.29 is 4.39 Å². The molecular weight excluding hydrogens is 710 g/mol. The van der Waals surface area contributed by atoms with E-state index in [-0.39, 0.29) is 5.82 Å². The van der Waals surface area contributed by atoms with Crippen molar-refractivity contribution in [2.45, 2.75) is 0 Å². The first kappa shape index (κ1) is 34.4. The first-order valence-corrected chi connectivity index (χ1v) is 21.5. The molecule has 0 unspecified atom stereocenters. The summed E-state index contributed by atoms with van der Waals surface area (Å²) in [4.78, 5) is 2.14. The first-order chi connectivity index (χ1) is 28.2. The van der Waals surface area contributed by atoms with Gasteiger partial charge in [0.15, 0.2) is 8.07 Å². The van der Waals surface area contributed by atoms with Gasteiger partial charge in [-0.2, -0.15) is 0 Å². The van der Waals surface area contributed by atoms with E-state index in [0.29, 0.717) is 5.69 Å². The molecule has 0 aromatic heterocycles. The maximum atomic E-state index is 17.6. The quantitative estimate of drug-likeness (QED) is 0.140. The second-order valence-corrected chi connectivity index (χ2v) is 18.3. The molecule has 1 aliphatic heterocycles. The fourth-order valence-corrected chi connectivity index (χ4v) is 14.1. The number of nitrogens with zero attached hydrogens (tertiary/aromatic N) is 1. The summed E-state index contributed by atoms with van der Waals surface area (Å²) in [5.74, 6) is -0.291. The Morgan fingerprint density at radius 3 is 1.37 bits per heavy atom. The molecule has 57 heavy (non-hydrogen) atoms. The lowest BCUT2D eigenvalue weighted by molar-refractivity contribution is 0.630. The second-order valence-electron chi connectivity index (χ2n) is 14.6. The molecule has 0 radical (unpaired) electrons. The normalized spacial score (nSPS) is 12.4. The van der Waals surface area contributed by atoms with Crippen LogP contribution in [0.5, 0.6) is 0 Å². The summed E-state index contributed by atoms with van der Waals surface area (Å²) in [7, 11) is -2.82. The predicted molar refractivity (Wildman–Crippen MR) is 240 cm³/mol. The largest absolute Gasteiger partial charge is 0.307 e. The predicted octanol–water partition coefficient (Wildman–Crippen LogP) is 11.7. The van der Waals surface area contributed by atoms with Gasteiger partial charge in [0.1, 0.15) is 5.82 Å². The van der Waals surface area contributed by atoms with Crippen LogP contribution in [0.2, 0.25) is 0 Å². The zero-order valence-corrected chi connectivity index (χ0v) is 32.3. The van der Waals surface area contributed by atoms with Gasteiger partial charge in [-0.3, -0.25) is 0 Å². The highest BCUT2D eigenvalue weighted by Gasteiger charge is 2.48. The molecule has 1 aliphatic rings. The lowest BCUT2D eigenvalue weighted by Crippen LogP contribution is -2.72. The number of rotatable bonds is 8. The molecule has 1 heterocycles. The van der Waals surface area contributed by atoms with Gasteiger partial charge in [-0.25, -0.2) is 4.39 Å². The first-order valence-electron chi connectivity index (χ1n) is 19.5. The number of hydrogen-bond acceptors (Lipinski definition) is 1. The highest BCUT2D eigenvalue weighted by atomic mass is 28.3. The van der Waals surface area contributed by atoms with Gasteiger partial charge in [0, 0.05) is 16.9 Å². The van der Waals surface area contributed by atoms with Crippen molar-refractivity contribution in [1.29, 1.82) is 0 Å². The summed E-state index contributed by atoms with van der Waals surface area (Å²) in [5.41, 5.74) is 10.6. The number of anilines is 3. The molecular formula is C54H38FNSi. The molecule has 0 fully saturated rings. The topological polar surface area (TPSA) is 3.24 Å². The Balaban J connectivity index is 1.26. The van der Waals surface area contributed by atoms with Gasteiger partial charge in [-0.15, -0.1) is 0 Å². The molecule has 0 atom stereocenters. The Labute approximate surface area is 334 Å². The van der Waals surface area contributed by atoms with Crippen LogP contribution in [-0.2, 0) is 0 Å². The SMILES string of the molecule is Fc1cc(-c2ccccc2)cc(-c2ccccc2)c1N(c1ccc(-c2ccccc2)cc1)c1ccc2c(c1)[Si](c1ccccc1)(c1ccccc1)c1ccccc1-2. The number of hydrogen-bond donors (Lipinski definition) is 0. The Morgan fingerprint density at radius 1 is 0.316 bits per heavy atom. The highest BCUT2D eigenvalue weighted by Crippen LogP contribution is 2.45. The molecule has 10 rings (SSSR count). The highest BCUT2D eigenvalue weighted by molar-refractivity contribution is 7.22. The van der Waals surface area contributed by atoms with Gasteiger partial charge in [-0.05, 0) is 96.1 Å². The molecule has 0 aliphatic carbocycles. The van der Waals surface area contributed by atoms with Crippen LogP contribution in [0.15, 0.2) is 231 Å². The third-order valence-corrected chi connectivity index (χ3v) is 16.3. The summed E-state index contributed by atoms with van der Waals surface area (Å²) in [5, 5.41) is 5.31. The lowest BCUT2D eigenvalue weighted by atomic mass is 9.95. The zero-order chi connectivity index (χ0) is 38.2. The summed E-state index contributed by atoms with van der Waals surface area (Å²) in [6.07, 6.45) is 0. The van der Waals surface area contributed by atoms with Gasteiger partial charge in [0.25, 0.3) is 0 Å². The van der Waals surface area contributed by atoms with E-state index in [9.17, 15) is 0 Å². The van der Waals surface area contributed by atoms with E-state index in [1.165, 1.54) is 31.9 Å². The van der Waals surface area contributed by atoms with Gasteiger partial charge in [0.2, 0.25) is 0 Å². The van der Waals surface area contributed by atoms with Crippen molar-refractivity contribution in [3.05, 3.63) is 236 Å². The molecule has 1 nitrogen and oxygen atoms in total. The molecule has 0 N–H and O–H groups in total. The maximum absolute atomic E-state index is 17.6. The van der Waals surface area contributed by atoms with Crippen molar-refractivity contribution in [3.8, 4) is 44.5 Å². The Bertz CT molecular complexity index is 2780. The molecule has 0 saturated carbocycles. The fourth-order valence-electron chi connectivity index (χ4n) is 8.87. The van der Waals surface area contributed by atoms with Crippen molar-refractivity contribution in [1.82, 2.24) is 0 Å². The average Bonchev–Trinajstić information content (AvgIpc) is 3.59. The summed E-state index contributed by atoms with van der Waals surface area (Å²) in [6, 6.07) is 80.8. The van der Waals surface area contributed by atoms with E-state index >= 15 is 4.39 Å². The molecule has 0 amide bonds. The van der Waals surface area contributed by atoms with Crippen molar-refractivity contribution in [2.24, 2.45) is 0 Å². The van der Waals surface area contributed by atoms with Crippen LogP contribution in [0.4, 0.5) is 21.5 Å². The van der Waals surface area contributed by atoms with Crippen LogP contribution >= 0.6 is 0 Å². The van der Waals surface area contributed by atoms with Crippen LogP contribution < -0.4 is 25.6 Å². The van der Waals surface area contributed by atoms with Gasteiger partial charge < -0.3 is 4.90 Å². The Kier molecular flexibility index (Phi) is 8.78. The Morgan fingerprint density at radius 2 is 0.772 bits per heavy atom. The minimum atomic E-state index is -2.82. The number of halogens is 1. The fraction of sp³-hybridized carbons (Fsp3) is 0. The minimum absolute atomic E-state index is 0.291. The van der Waals surface area contributed by atoms with E-state index in [0.717, 1.165) is 44.8 Å². The molecule has 0 saturated heterocycles. The zero-order valence-electron chi connectivity index (χ0n) is 31.3. The number of benzene rings is 9. The Hall–Kier alpha value is -7.07. The number of fused-ring (bicyclic) bond motifs is 3. The van der Waals surface area contributed by atoms with Crippen LogP contribution in [-0.4, -0.2) is 8.07 Å². The van der Waals surface area contributed by atoms with Crippen molar-refractivity contribution >= 4 is 45.9 Å². The summed E-state index contributed by atoms with van der Waals surface area (Å²) in [6.45, 7) is 0. The van der Waals surface area contributed by atoms with Crippen molar-refractivity contribution in [3.63, 3.8) is 0 Å². The summed E-state index contributed by atoms with van der Waals surface area (Å²) >= 11 is 0. The smallest absolute Gasteiger partial charge is 0.180 e. The maximum Gasteiger partial charge on any atom is 0.180 e. The summed E-state index contributed by atoms with van der Waals surface area (Å²) < 4.78 is 17.6. The van der Waals surface area contributed by atoms with Crippen LogP contribution in [0.1, 0.15) is 0 Å². The van der Waals surface area contributed by atoms with E-state index in [1.807, 2.05) is 54.6 Å². The van der Waals surface area contributed by atoms with Gasteiger partial charge in [-0.1, -0.05) is 194 Å². The molecule has 0 bridgehead atoms. The molecule has 0 spiro atoms. The van der Waals surface area contributed by atoms with Crippen molar-refractivity contribution in [2.75, 3.05) is 4.90 Å². The second kappa shape index (κ2) is 14.5. The average molecular weight is 748 g/mol. The van der Waals surface area contributed by atoms with E-state index in [4.69, 9.17) is 0 Å². The lowest BCUT2D eigenvalue weighted by Gasteiger charge is -2.33. The third-order valence-electron chi connectivity index (χ3n) is 11.4. The van der Waals surface area contributed by atoms with E-state index in [1.54, 1.807) is 6.07 Å². The van der Waals surface area contributed by atoms with Crippen LogP contribution in [0.3, 0.4) is 0 Å². The van der Waals surface area contributed by atoms with E-state index in [2.05, 4.69) is 175 Å². The van der Waals surface area contributed by atoms with Gasteiger partial charge >= 0.3 is 0 Å². The van der Waals surface area contributed by atoms with Crippen LogP contribution in [0, 0.1) is 5.82 Å².